The zero-order valence-electron chi connectivity index (χ0n) is 38.4. The van der Waals surface area contributed by atoms with Crippen LogP contribution < -0.4 is 21.3 Å². The largest absolute Gasteiger partial charge is 0.279 e. The third-order valence-electron chi connectivity index (χ3n) is 12.9. The molecule has 0 amide bonds. The fourth-order valence-corrected chi connectivity index (χ4v) is 10.1. The first kappa shape index (κ1) is 42.1. The molecule has 0 unspecified atom stereocenters. The average Bonchev–Trinajstić information content (AvgIpc) is 3.34. The van der Waals surface area contributed by atoms with Crippen LogP contribution in [0.3, 0.4) is 0 Å². The summed E-state index contributed by atoms with van der Waals surface area (Å²) in [5.41, 5.74) is 20.2. The first-order valence-electron chi connectivity index (χ1n) is 22.8. The van der Waals surface area contributed by atoms with Crippen LogP contribution in [0.15, 0.2) is 200 Å². The van der Waals surface area contributed by atoms with Crippen molar-refractivity contribution < 1.29 is 0 Å². The van der Waals surface area contributed by atoms with Crippen LogP contribution >= 0.6 is 0 Å². The van der Waals surface area contributed by atoms with Crippen molar-refractivity contribution >= 4 is 51.2 Å². The Hall–Kier alpha value is -7.89. The highest BCUT2D eigenvalue weighted by Gasteiger charge is 2.29. The van der Waals surface area contributed by atoms with E-state index in [1.165, 1.54) is 77.2 Å². The van der Waals surface area contributed by atoms with E-state index in [2.05, 4.69) is 210 Å². The lowest BCUT2D eigenvalue weighted by Crippen LogP contribution is -2.55. The van der Waals surface area contributed by atoms with Gasteiger partial charge >= 0.3 is 0 Å². The molecular weight excluding hydrogens is 800 g/mol. The van der Waals surface area contributed by atoms with E-state index < -0.39 is 0 Å². The van der Waals surface area contributed by atoms with Crippen molar-refractivity contribution in [1.82, 2.24) is 15.0 Å². The second-order valence-corrected chi connectivity index (χ2v) is 17.6. The maximum absolute atomic E-state index is 5.27. The highest BCUT2D eigenvalue weighted by atomic mass is 15.3. The van der Waals surface area contributed by atoms with Gasteiger partial charge in [-0.2, -0.15) is 9.97 Å². The van der Waals surface area contributed by atoms with Gasteiger partial charge in [-0.1, -0.05) is 226 Å². The number of hydrogen-bond donors (Lipinski definition) is 0. The highest BCUT2D eigenvalue weighted by molar-refractivity contribution is 6.96. The second-order valence-electron chi connectivity index (χ2n) is 17.6. The Morgan fingerprint density at radius 2 is 0.758 bits per heavy atom. The third kappa shape index (κ3) is 8.21. The maximum atomic E-state index is 5.27. The number of aryl methyl sites for hydroxylation is 6. The summed E-state index contributed by atoms with van der Waals surface area (Å²) in [6.45, 7) is 13.5. The number of fused-ring (bicyclic) bond motifs is 1. The van der Waals surface area contributed by atoms with Gasteiger partial charge in [-0.3, -0.25) is 4.90 Å². The molecule has 10 rings (SSSR count). The molecule has 0 atom stereocenters. The number of nitrogens with zero attached hydrogens (tertiary/aromatic N) is 4. The molecule has 0 fully saturated rings. The summed E-state index contributed by atoms with van der Waals surface area (Å²) in [7, 11) is 0. The Kier molecular flexibility index (Phi) is 11.4. The van der Waals surface area contributed by atoms with Gasteiger partial charge in [-0.05, 0) is 98.8 Å². The van der Waals surface area contributed by atoms with Crippen LogP contribution in [-0.2, 0) is 0 Å². The highest BCUT2D eigenvalue weighted by Crippen LogP contribution is 2.39. The van der Waals surface area contributed by atoms with Crippen LogP contribution in [0, 0.1) is 41.5 Å². The topological polar surface area (TPSA) is 41.9 Å². The summed E-state index contributed by atoms with van der Waals surface area (Å²) in [4.78, 5) is 17.8. The Balaban J connectivity index is 1.15. The molecule has 318 valence electrons. The van der Waals surface area contributed by atoms with Gasteiger partial charge in [0.15, 0.2) is 11.6 Å². The SMILES string of the molecule is Cc1cc(C)c(B(c2ccc(N(c3ccc(-c4cccc5cccc(-c6ccccc6)c45)cc3)c3nc(-c4ccccc4)nc(-c4ccccc4)n3)cc2)c2c(C)cc(C)cc2C)c(C)c1. The number of benzene rings is 9. The Labute approximate surface area is 389 Å². The monoisotopic (exact) mass is 850 g/mol. The van der Waals surface area contributed by atoms with Crippen LogP contribution in [0.2, 0.25) is 0 Å². The summed E-state index contributed by atoms with van der Waals surface area (Å²) in [6, 6.07) is 71.4. The molecule has 1 heterocycles. The van der Waals surface area contributed by atoms with Gasteiger partial charge in [-0.15, -0.1) is 0 Å². The van der Waals surface area contributed by atoms with Crippen LogP contribution in [0.4, 0.5) is 17.3 Å². The van der Waals surface area contributed by atoms with E-state index in [0.717, 1.165) is 28.1 Å². The number of rotatable bonds is 10. The lowest BCUT2D eigenvalue weighted by molar-refractivity contribution is 1.02. The molecule has 0 spiro atoms. The molecule has 0 bridgehead atoms. The molecule has 1 aromatic heterocycles. The summed E-state index contributed by atoms with van der Waals surface area (Å²) >= 11 is 0. The van der Waals surface area contributed by atoms with Crippen LogP contribution in [0.1, 0.15) is 33.4 Å². The molecule has 0 aliphatic carbocycles. The first-order chi connectivity index (χ1) is 32.2. The van der Waals surface area contributed by atoms with E-state index in [9.17, 15) is 0 Å². The third-order valence-corrected chi connectivity index (χ3v) is 12.9. The van der Waals surface area contributed by atoms with Gasteiger partial charge in [0.25, 0.3) is 0 Å². The molecular formula is C61H51BN4. The van der Waals surface area contributed by atoms with E-state index in [0.29, 0.717) is 17.6 Å². The van der Waals surface area contributed by atoms with Gasteiger partial charge in [0.05, 0.1) is 0 Å². The molecule has 0 saturated carbocycles. The maximum Gasteiger partial charge on any atom is 0.242 e. The van der Waals surface area contributed by atoms with E-state index in [1.807, 2.05) is 36.4 Å². The quantitative estimate of drug-likeness (QED) is 0.129. The second kappa shape index (κ2) is 17.9. The zero-order valence-corrected chi connectivity index (χ0v) is 38.4. The molecule has 0 radical (unpaired) electrons. The first-order valence-corrected chi connectivity index (χ1v) is 22.8. The van der Waals surface area contributed by atoms with Gasteiger partial charge < -0.3 is 0 Å². The van der Waals surface area contributed by atoms with Gasteiger partial charge in [-0.25, -0.2) is 4.98 Å². The minimum atomic E-state index is 0.0426. The minimum absolute atomic E-state index is 0.0426. The normalized spacial score (nSPS) is 11.2. The fraction of sp³-hybridized carbons (Fsp3) is 0.0984. The summed E-state index contributed by atoms with van der Waals surface area (Å²) in [6.07, 6.45) is 0. The van der Waals surface area contributed by atoms with Crippen LogP contribution in [0.5, 0.6) is 0 Å². The van der Waals surface area contributed by atoms with Crippen molar-refractivity contribution in [1.29, 1.82) is 0 Å². The lowest BCUT2D eigenvalue weighted by atomic mass is 9.34. The molecule has 0 saturated heterocycles. The standard InChI is InChI=1S/C61H51BN4/c1-40-36-42(3)57(43(4)37-40)62(58-44(5)38-41(2)39-45(58)6)51-30-34-53(35-31-51)66(61-64-59(49-20-12-8-13-21-49)63-60(65-61)50-22-14-9-15-23-50)52-32-28-47(29-33-52)55-27-17-25-48-24-16-26-54(56(48)55)46-18-10-7-11-19-46/h7-39H,1-6H3. The van der Waals surface area contributed by atoms with Gasteiger partial charge in [0.1, 0.15) is 0 Å². The van der Waals surface area contributed by atoms with Crippen LogP contribution in [-0.4, -0.2) is 21.7 Å². The van der Waals surface area contributed by atoms with Crippen molar-refractivity contribution in [3.63, 3.8) is 0 Å². The molecule has 9 aromatic carbocycles. The summed E-state index contributed by atoms with van der Waals surface area (Å²) in [5.74, 6) is 1.75. The van der Waals surface area contributed by atoms with E-state index in [4.69, 9.17) is 15.0 Å². The predicted octanol–water partition coefficient (Wildman–Crippen LogP) is 13.5. The Morgan fingerprint density at radius 3 is 1.20 bits per heavy atom. The van der Waals surface area contributed by atoms with Crippen molar-refractivity contribution in [3.05, 3.63) is 234 Å². The van der Waals surface area contributed by atoms with Crippen molar-refractivity contribution in [3.8, 4) is 45.0 Å². The van der Waals surface area contributed by atoms with Gasteiger partial charge in [0.2, 0.25) is 12.7 Å². The Morgan fingerprint density at radius 1 is 0.364 bits per heavy atom. The Bertz CT molecular complexity index is 3180. The van der Waals surface area contributed by atoms with Gasteiger partial charge in [0, 0.05) is 22.5 Å². The van der Waals surface area contributed by atoms with E-state index >= 15 is 0 Å². The number of anilines is 3. The summed E-state index contributed by atoms with van der Waals surface area (Å²) < 4.78 is 0. The molecule has 0 N–H and O–H groups in total. The number of hydrogen-bond acceptors (Lipinski definition) is 4. The molecule has 0 aliphatic rings. The lowest BCUT2D eigenvalue weighted by Gasteiger charge is -2.27. The molecule has 4 nitrogen and oxygen atoms in total. The zero-order chi connectivity index (χ0) is 45.3. The van der Waals surface area contributed by atoms with E-state index in [1.54, 1.807) is 0 Å². The molecule has 0 aliphatic heterocycles. The number of aromatic nitrogens is 3. The fourth-order valence-electron chi connectivity index (χ4n) is 10.1. The molecule has 5 heteroatoms. The summed E-state index contributed by atoms with van der Waals surface area (Å²) in [5, 5.41) is 2.44. The van der Waals surface area contributed by atoms with Crippen molar-refractivity contribution in [2.75, 3.05) is 4.90 Å². The predicted molar refractivity (Wildman–Crippen MR) is 280 cm³/mol. The van der Waals surface area contributed by atoms with Crippen molar-refractivity contribution in [2.45, 2.75) is 41.5 Å². The molecule has 10 aromatic rings. The average molecular weight is 851 g/mol. The van der Waals surface area contributed by atoms with E-state index in [-0.39, 0.29) is 6.71 Å². The molecule has 66 heavy (non-hydrogen) atoms. The smallest absolute Gasteiger partial charge is 0.242 e. The van der Waals surface area contributed by atoms with Crippen molar-refractivity contribution in [2.24, 2.45) is 0 Å². The van der Waals surface area contributed by atoms with Crippen LogP contribution in [0.25, 0.3) is 55.8 Å². The minimum Gasteiger partial charge on any atom is -0.279 e.